The molecule has 0 spiro atoms. The van der Waals surface area contributed by atoms with Crippen LogP contribution >= 0.6 is 0 Å². The highest BCUT2D eigenvalue weighted by Gasteiger charge is 2.37. The van der Waals surface area contributed by atoms with E-state index >= 15 is 0 Å². The Kier molecular flexibility index (Phi) is 10.4. The molecule has 0 aliphatic carbocycles. The maximum atomic E-state index is 12.6. The van der Waals surface area contributed by atoms with Crippen molar-refractivity contribution in [3.05, 3.63) is 36.1 Å². The van der Waals surface area contributed by atoms with E-state index < -0.39 is 33.9 Å². The van der Waals surface area contributed by atoms with E-state index in [0.717, 1.165) is 19.3 Å². The van der Waals surface area contributed by atoms with Crippen LogP contribution in [0.15, 0.2) is 39.8 Å². The SMILES string of the molecule is CCCCC[C@H](Nc1ccc(S(=O)(=O)Nc2cc(C)on2)cc1)C(C(=O)OCC)C(=O)OCC. The lowest BCUT2D eigenvalue weighted by atomic mass is 9.94. The third-order valence-corrected chi connectivity index (χ3v) is 6.36. The first kappa shape index (κ1) is 27.2. The van der Waals surface area contributed by atoms with Crippen molar-refractivity contribution in [2.75, 3.05) is 23.3 Å². The number of hydrogen-bond acceptors (Lipinski definition) is 9. The fraction of sp³-hybridized carbons (Fsp3) is 0.522. The van der Waals surface area contributed by atoms with E-state index in [1.54, 1.807) is 32.9 Å². The quantitative estimate of drug-likeness (QED) is 0.227. The number of unbranched alkanes of at least 4 members (excludes halogenated alkanes) is 2. The molecule has 34 heavy (non-hydrogen) atoms. The van der Waals surface area contributed by atoms with Gasteiger partial charge in [0, 0.05) is 11.8 Å². The highest BCUT2D eigenvalue weighted by molar-refractivity contribution is 7.92. The second-order valence-electron chi connectivity index (χ2n) is 7.68. The summed E-state index contributed by atoms with van der Waals surface area (Å²) < 4.78 is 42.7. The molecule has 0 amide bonds. The third kappa shape index (κ3) is 7.75. The molecule has 11 heteroatoms. The van der Waals surface area contributed by atoms with Crippen molar-refractivity contribution < 1.29 is 32.0 Å². The van der Waals surface area contributed by atoms with Gasteiger partial charge in [0.2, 0.25) is 0 Å². The first-order valence-electron chi connectivity index (χ1n) is 11.4. The zero-order valence-electron chi connectivity index (χ0n) is 20.0. The van der Waals surface area contributed by atoms with Gasteiger partial charge in [0.15, 0.2) is 11.7 Å². The molecule has 0 saturated heterocycles. The lowest BCUT2D eigenvalue weighted by Crippen LogP contribution is -2.42. The fourth-order valence-electron chi connectivity index (χ4n) is 3.38. The van der Waals surface area contributed by atoms with Gasteiger partial charge in [-0.3, -0.25) is 14.3 Å². The molecule has 188 valence electrons. The molecule has 1 atom stereocenters. The monoisotopic (exact) mass is 495 g/mol. The molecule has 0 bridgehead atoms. The average molecular weight is 496 g/mol. The van der Waals surface area contributed by atoms with Crippen LogP contribution in [0.25, 0.3) is 0 Å². The van der Waals surface area contributed by atoms with Crippen LogP contribution in [0.1, 0.15) is 52.2 Å². The summed E-state index contributed by atoms with van der Waals surface area (Å²) in [4.78, 5) is 25.3. The molecule has 1 aromatic carbocycles. The van der Waals surface area contributed by atoms with E-state index in [1.807, 2.05) is 0 Å². The fourth-order valence-corrected chi connectivity index (χ4v) is 4.36. The smallest absolute Gasteiger partial charge is 0.322 e. The lowest BCUT2D eigenvalue weighted by Gasteiger charge is -2.26. The number of rotatable bonds is 14. The van der Waals surface area contributed by atoms with Crippen molar-refractivity contribution >= 4 is 33.5 Å². The standard InChI is InChI=1S/C23H33N3O7S/c1-5-8-9-10-19(21(22(27)31-6-2)23(28)32-7-3)24-17-11-13-18(14-12-17)34(29,30)26-20-15-16(4)33-25-20/h11-15,19,21,24H,5-10H2,1-4H3,(H,25,26)/t19-/m0/s1. The predicted octanol–water partition coefficient (Wildman–Crippen LogP) is 3.89. The van der Waals surface area contributed by atoms with Gasteiger partial charge in [-0.25, -0.2) is 8.42 Å². The lowest BCUT2D eigenvalue weighted by molar-refractivity contribution is -0.162. The first-order chi connectivity index (χ1) is 16.2. The summed E-state index contributed by atoms with van der Waals surface area (Å²) in [7, 11) is -3.87. The summed E-state index contributed by atoms with van der Waals surface area (Å²) >= 11 is 0. The summed E-state index contributed by atoms with van der Waals surface area (Å²) in [6.07, 6.45) is 3.22. The van der Waals surface area contributed by atoms with E-state index in [0.29, 0.717) is 17.9 Å². The molecular weight excluding hydrogens is 462 g/mol. The van der Waals surface area contributed by atoms with Crippen molar-refractivity contribution in [1.82, 2.24) is 5.16 Å². The zero-order chi connectivity index (χ0) is 25.1. The van der Waals surface area contributed by atoms with Crippen molar-refractivity contribution in [1.29, 1.82) is 0 Å². The molecule has 1 heterocycles. The Balaban J connectivity index is 2.24. The van der Waals surface area contributed by atoms with E-state index in [-0.39, 0.29) is 23.9 Å². The molecule has 0 unspecified atom stereocenters. The second-order valence-corrected chi connectivity index (χ2v) is 9.36. The molecule has 0 fully saturated rings. The minimum atomic E-state index is -3.87. The molecular formula is C23H33N3O7S. The summed E-state index contributed by atoms with van der Waals surface area (Å²) in [6, 6.07) is 6.88. The van der Waals surface area contributed by atoms with Gasteiger partial charge in [-0.05, 0) is 51.5 Å². The Morgan fingerprint density at radius 1 is 1.03 bits per heavy atom. The third-order valence-electron chi connectivity index (χ3n) is 4.99. The van der Waals surface area contributed by atoms with Crippen molar-refractivity contribution in [2.24, 2.45) is 5.92 Å². The molecule has 1 aromatic heterocycles. The van der Waals surface area contributed by atoms with E-state index in [4.69, 9.17) is 14.0 Å². The molecule has 2 rings (SSSR count). The zero-order valence-corrected chi connectivity index (χ0v) is 20.8. The minimum absolute atomic E-state index is 0.0218. The van der Waals surface area contributed by atoms with Crippen molar-refractivity contribution in [3.63, 3.8) is 0 Å². The van der Waals surface area contributed by atoms with Crippen LogP contribution < -0.4 is 10.0 Å². The summed E-state index contributed by atoms with van der Waals surface area (Å²) in [6.45, 7) is 7.34. The van der Waals surface area contributed by atoms with Crippen LogP contribution in [0.5, 0.6) is 0 Å². The minimum Gasteiger partial charge on any atom is -0.465 e. The van der Waals surface area contributed by atoms with E-state index in [2.05, 4.69) is 22.1 Å². The Morgan fingerprint density at radius 3 is 2.15 bits per heavy atom. The summed E-state index contributed by atoms with van der Waals surface area (Å²) in [5, 5.41) is 6.84. The Hall–Kier alpha value is -3.08. The van der Waals surface area contributed by atoms with Crippen molar-refractivity contribution in [2.45, 2.75) is 64.3 Å². The number of nitrogens with zero attached hydrogens (tertiary/aromatic N) is 1. The van der Waals surface area contributed by atoms with Gasteiger partial charge in [0.1, 0.15) is 5.76 Å². The first-order valence-corrected chi connectivity index (χ1v) is 12.9. The van der Waals surface area contributed by atoms with Crippen LogP contribution in [0, 0.1) is 12.8 Å². The highest BCUT2D eigenvalue weighted by Crippen LogP contribution is 2.23. The summed E-state index contributed by atoms with van der Waals surface area (Å²) in [5.41, 5.74) is 0.552. The molecule has 10 nitrogen and oxygen atoms in total. The summed E-state index contributed by atoms with van der Waals surface area (Å²) in [5.74, 6) is -1.88. The van der Waals surface area contributed by atoms with Crippen LogP contribution in [0.2, 0.25) is 0 Å². The normalized spacial score (nSPS) is 12.3. The average Bonchev–Trinajstić information content (AvgIpc) is 3.18. The second kappa shape index (κ2) is 13.0. The Bertz CT molecular complexity index is 1020. The number of aryl methyl sites for hydroxylation is 1. The van der Waals surface area contributed by atoms with Gasteiger partial charge >= 0.3 is 11.9 Å². The number of aromatic nitrogens is 1. The maximum Gasteiger partial charge on any atom is 0.322 e. The van der Waals surface area contributed by atoms with Gasteiger partial charge in [0.05, 0.1) is 24.2 Å². The predicted molar refractivity (Wildman–Crippen MR) is 127 cm³/mol. The molecule has 0 aliphatic rings. The number of sulfonamides is 1. The van der Waals surface area contributed by atoms with E-state index in [9.17, 15) is 18.0 Å². The number of benzene rings is 1. The maximum absolute atomic E-state index is 12.6. The molecule has 0 saturated carbocycles. The largest absolute Gasteiger partial charge is 0.465 e. The van der Waals surface area contributed by atoms with Gasteiger partial charge < -0.3 is 19.3 Å². The number of esters is 2. The van der Waals surface area contributed by atoms with Crippen LogP contribution in [-0.4, -0.2) is 44.8 Å². The van der Waals surface area contributed by atoms with Crippen LogP contribution in [-0.2, 0) is 29.1 Å². The van der Waals surface area contributed by atoms with Gasteiger partial charge in [-0.15, -0.1) is 0 Å². The Morgan fingerprint density at radius 2 is 1.65 bits per heavy atom. The molecule has 2 aromatic rings. The Labute approximate surface area is 200 Å². The number of nitrogens with one attached hydrogen (secondary N) is 2. The van der Waals surface area contributed by atoms with Gasteiger partial charge in [-0.1, -0.05) is 31.3 Å². The van der Waals surface area contributed by atoms with E-state index in [1.165, 1.54) is 18.2 Å². The number of hydrogen-bond donors (Lipinski definition) is 2. The van der Waals surface area contributed by atoms with Gasteiger partial charge in [0.25, 0.3) is 10.0 Å². The molecule has 0 radical (unpaired) electrons. The molecule has 0 aliphatic heterocycles. The number of carbonyl (C=O) groups is 2. The number of ether oxygens (including phenoxy) is 2. The highest BCUT2D eigenvalue weighted by atomic mass is 32.2. The van der Waals surface area contributed by atoms with Gasteiger partial charge in [-0.2, -0.15) is 0 Å². The molecule has 2 N–H and O–H groups in total. The van der Waals surface area contributed by atoms with Crippen molar-refractivity contribution in [3.8, 4) is 0 Å². The number of carbonyl (C=O) groups excluding carboxylic acids is 2. The topological polar surface area (TPSA) is 137 Å². The van der Waals surface area contributed by atoms with Crippen LogP contribution in [0.4, 0.5) is 11.5 Å². The van der Waals surface area contributed by atoms with Crippen LogP contribution in [0.3, 0.4) is 0 Å². The number of anilines is 2.